The highest BCUT2D eigenvalue weighted by Crippen LogP contribution is 2.24. The Bertz CT molecular complexity index is 347. The number of carboxylic acids is 1. The third kappa shape index (κ3) is 2.54. The molecule has 88 valence electrons. The Balaban J connectivity index is 0.00000128. The highest BCUT2D eigenvalue weighted by molar-refractivity contribution is 5.85. The summed E-state index contributed by atoms with van der Waals surface area (Å²) in [5.74, 6) is -0.733. The lowest BCUT2D eigenvalue weighted by molar-refractivity contribution is -0.144. The van der Waals surface area contributed by atoms with Crippen LogP contribution in [0.3, 0.4) is 0 Å². The Morgan fingerprint density at radius 3 is 2.56 bits per heavy atom. The molecule has 0 spiro atoms. The Hall–Kier alpha value is -1.06. The summed E-state index contributed by atoms with van der Waals surface area (Å²) in [6.45, 7) is 0.805. The minimum Gasteiger partial charge on any atom is -0.480 e. The summed E-state index contributed by atoms with van der Waals surface area (Å²) in [5.41, 5.74) is 0.343. The van der Waals surface area contributed by atoms with E-state index in [4.69, 9.17) is 0 Å². The summed E-state index contributed by atoms with van der Waals surface area (Å²) in [6.07, 6.45) is 2.24. The molecular weight excluding hydrogens is 226 g/mol. The lowest BCUT2D eigenvalue weighted by Gasteiger charge is -2.24. The second kappa shape index (κ2) is 5.32. The molecule has 1 aromatic carbocycles. The van der Waals surface area contributed by atoms with Gasteiger partial charge in [0.05, 0.1) is 0 Å². The molecule has 1 saturated heterocycles. The largest absolute Gasteiger partial charge is 0.480 e. The first-order chi connectivity index (χ1) is 7.23. The van der Waals surface area contributed by atoms with Crippen LogP contribution in [0.4, 0.5) is 0 Å². The molecule has 2 rings (SSSR count). The van der Waals surface area contributed by atoms with E-state index in [0.29, 0.717) is 6.42 Å². The van der Waals surface area contributed by atoms with E-state index in [1.54, 1.807) is 0 Å². The van der Waals surface area contributed by atoms with Gasteiger partial charge in [-0.3, -0.25) is 4.79 Å². The van der Waals surface area contributed by atoms with Crippen molar-refractivity contribution in [3.05, 3.63) is 35.9 Å². The molecule has 1 atom stereocenters. The molecule has 0 unspecified atom stereocenters. The average Bonchev–Trinajstić information content (AvgIpc) is 2.69. The first kappa shape index (κ1) is 13.0. The smallest absolute Gasteiger partial charge is 0.324 e. The van der Waals surface area contributed by atoms with E-state index < -0.39 is 11.5 Å². The van der Waals surface area contributed by atoms with Crippen molar-refractivity contribution in [2.45, 2.75) is 24.8 Å². The van der Waals surface area contributed by atoms with Gasteiger partial charge >= 0.3 is 5.97 Å². The molecule has 0 saturated carbocycles. The van der Waals surface area contributed by atoms with Crippen molar-refractivity contribution in [1.82, 2.24) is 5.32 Å². The van der Waals surface area contributed by atoms with Crippen molar-refractivity contribution in [3.63, 3.8) is 0 Å². The van der Waals surface area contributed by atoms with Crippen LogP contribution in [0.2, 0.25) is 0 Å². The van der Waals surface area contributed by atoms with Crippen molar-refractivity contribution in [2.24, 2.45) is 0 Å². The number of nitrogens with one attached hydrogen (secondary N) is 1. The molecule has 1 fully saturated rings. The molecular formula is C12H16ClNO2. The lowest BCUT2D eigenvalue weighted by Crippen LogP contribution is -2.49. The SMILES string of the molecule is Cl.O=C(O)[C@@]1(Cc2ccccc2)CCCN1. The summed E-state index contributed by atoms with van der Waals surface area (Å²) in [7, 11) is 0. The minimum atomic E-state index is -0.735. The molecule has 2 N–H and O–H groups in total. The highest BCUT2D eigenvalue weighted by atomic mass is 35.5. The second-order valence-corrected chi connectivity index (χ2v) is 4.08. The molecule has 1 aliphatic rings. The number of aliphatic carboxylic acids is 1. The van der Waals surface area contributed by atoms with E-state index in [0.717, 1.165) is 24.9 Å². The number of hydrogen-bond donors (Lipinski definition) is 2. The van der Waals surface area contributed by atoms with Crippen molar-refractivity contribution in [1.29, 1.82) is 0 Å². The summed E-state index contributed by atoms with van der Waals surface area (Å²) in [5, 5.41) is 12.4. The third-order valence-electron chi connectivity index (χ3n) is 3.00. The van der Waals surface area contributed by atoms with Gasteiger partial charge in [0.2, 0.25) is 0 Å². The average molecular weight is 242 g/mol. The van der Waals surface area contributed by atoms with Crippen LogP contribution < -0.4 is 5.32 Å². The fourth-order valence-electron chi connectivity index (χ4n) is 2.16. The van der Waals surface area contributed by atoms with E-state index >= 15 is 0 Å². The van der Waals surface area contributed by atoms with Crippen LogP contribution in [-0.4, -0.2) is 23.2 Å². The molecule has 1 aromatic rings. The van der Waals surface area contributed by atoms with Gasteiger partial charge in [0.15, 0.2) is 0 Å². The molecule has 0 amide bonds. The van der Waals surface area contributed by atoms with Gasteiger partial charge in [-0.1, -0.05) is 30.3 Å². The molecule has 1 aliphatic heterocycles. The highest BCUT2D eigenvalue weighted by Gasteiger charge is 2.40. The fourth-order valence-corrected chi connectivity index (χ4v) is 2.16. The molecule has 16 heavy (non-hydrogen) atoms. The lowest BCUT2D eigenvalue weighted by atomic mass is 9.89. The number of benzene rings is 1. The first-order valence-corrected chi connectivity index (χ1v) is 5.25. The number of halogens is 1. The number of hydrogen-bond acceptors (Lipinski definition) is 2. The van der Waals surface area contributed by atoms with Gasteiger partial charge in [-0.05, 0) is 24.9 Å². The summed E-state index contributed by atoms with van der Waals surface area (Å²) in [4.78, 5) is 11.3. The maximum Gasteiger partial charge on any atom is 0.324 e. The molecule has 4 heteroatoms. The Morgan fingerprint density at radius 2 is 2.06 bits per heavy atom. The van der Waals surface area contributed by atoms with Crippen LogP contribution in [0, 0.1) is 0 Å². The van der Waals surface area contributed by atoms with Crippen molar-refractivity contribution >= 4 is 18.4 Å². The summed E-state index contributed by atoms with van der Waals surface area (Å²) < 4.78 is 0. The van der Waals surface area contributed by atoms with Crippen molar-refractivity contribution in [2.75, 3.05) is 6.54 Å². The normalized spacial score (nSPS) is 23.8. The zero-order valence-electron chi connectivity index (χ0n) is 8.98. The van der Waals surface area contributed by atoms with Crippen LogP contribution in [0.1, 0.15) is 18.4 Å². The van der Waals surface area contributed by atoms with Crippen LogP contribution >= 0.6 is 12.4 Å². The predicted molar refractivity (Wildman–Crippen MR) is 65.0 cm³/mol. The standard InChI is InChI=1S/C12H15NO2.ClH/c14-11(15)12(7-4-8-13-12)9-10-5-2-1-3-6-10;/h1-3,5-6,13H,4,7-9H2,(H,14,15);1H/t12-;/m0./s1. The van der Waals surface area contributed by atoms with Gasteiger partial charge in [0.1, 0.15) is 5.54 Å². The molecule has 0 aliphatic carbocycles. The summed E-state index contributed by atoms with van der Waals surface area (Å²) >= 11 is 0. The van der Waals surface area contributed by atoms with Gasteiger partial charge in [0, 0.05) is 6.42 Å². The van der Waals surface area contributed by atoms with Crippen LogP contribution in [0.5, 0.6) is 0 Å². The van der Waals surface area contributed by atoms with Crippen LogP contribution in [-0.2, 0) is 11.2 Å². The van der Waals surface area contributed by atoms with Gasteiger partial charge in [-0.2, -0.15) is 0 Å². The number of rotatable bonds is 3. The number of carbonyl (C=O) groups is 1. The molecule has 0 bridgehead atoms. The summed E-state index contributed by atoms with van der Waals surface area (Å²) in [6, 6.07) is 9.79. The maximum atomic E-state index is 11.3. The second-order valence-electron chi connectivity index (χ2n) is 4.08. The van der Waals surface area contributed by atoms with E-state index in [1.165, 1.54) is 0 Å². The molecule has 0 radical (unpaired) electrons. The Labute approximate surface area is 101 Å². The predicted octanol–water partition coefficient (Wildman–Crippen LogP) is 1.86. The van der Waals surface area contributed by atoms with Gasteiger partial charge < -0.3 is 10.4 Å². The third-order valence-corrected chi connectivity index (χ3v) is 3.00. The van der Waals surface area contributed by atoms with E-state index in [2.05, 4.69) is 5.32 Å². The zero-order valence-corrected chi connectivity index (χ0v) is 9.80. The zero-order chi connectivity index (χ0) is 10.7. The van der Waals surface area contributed by atoms with E-state index in [9.17, 15) is 9.90 Å². The monoisotopic (exact) mass is 241 g/mol. The van der Waals surface area contributed by atoms with Gasteiger partial charge in [-0.15, -0.1) is 12.4 Å². The van der Waals surface area contributed by atoms with Crippen molar-refractivity contribution < 1.29 is 9.90 Å². The Kier molecular flexibility index (Phi) is 4.33. The fraction of sp³-hybridized carbons (Fsp3) is 0.417. The van der Waals surface area contributed by atoms with E-state index in [-0.39, 0.29) is 12.4 Å². The quantitative estimate of drug-likeness (QED) is 0.849. The minimum absolute atomic E-state index is 0. The maximum absolute atomic E-state index is 11.3. The van der Waals surface area contributed by atoms with E-state index in [1.807, 2.05) is 30.3 Å². The number of carboxylic acid groups (broad SMARTS) is 1. The van der Waals surface area contributed by atoms with Crippen LogP contribution in [0.15, 0.2) is 30.3 Å². The molecule has 3 nitrogen and oxygen atoms in total. The van der Waals surface area contributed by atoms with Crippen LogP contribution in [0.25, 0.3) is 0 Å². The first-order valence-electron chi connectivity index (χ1n) is 5.25. The van der Waals surface area contributed by atoms with Gasteiger partial charge in [-0.25, -0.2) is 0 Å². The molecule has 1 heterocycles. The molecule has 0 aromatic heterocycles. The van der Waals surface area contributed by atoms with Gasteiger partial charge in [0.25, 0.3) is 0 Å². The topological polar surface area (TPSA) is 49.3 Å². The Morgan fingerprint density at radius 1 is 1.38 bits per heavy atom. The van der Waals surface area contributed by atoms with Crippen molar-refractivity contribution in [3.8, 4) is 0 Å².